The number of nitrogens with zero attached hydrogens (tertiary/aromatic N) is 3. The van der Waals surface area contributed by atoms with Crippen molar-refractivity contribution in [2.75, 3.05) is 12.4 Å². The van der Waals surface area contributed by atoms with Gasteiger partial charge in [0.05, 0.1) is 12.4 Å². The number of aryl methyl sites for hydroxylation is 1. The maximum Gasteiger partial charge on any atom is 0.232 e. The van der Waals surface area contributed by atoms with Crippen LogP contribution in [0.5, 0.6) is 5.88 Å². The number of ether oxygens (including phenoxy) is 1. The summed E-state index contributed by atoms with van der Waals surface area (Å²) in [6.45, 7) is 2.16. The fourth-order valence-corrected chi connectivity index (χ4v) is 2.07. The summed E-state index contributed by atoms with van der Waals surface area (Å²) >= 11 is 0. The van der Waals surface area contributed by atoms with Crippen molar-refractivity contribution in [3.8, 4) is 5.88 Å². The summed E-state index contributed by atoms with van der Waals surface area (Å²) in [6.07, 6.45) is 3.71. The highest BCUT2D eigenvalue weighted by atomic mass is 32.2. The highest BCUT2D eigenvalue weighted by Gasteiger charge is 2.06. The number of hydrogen-bond donors (Lipinski definition) is 1. The maximum absolute atomic E-state index is 10.7. The van der Waals surface area contributed by atoms with E-state index in [1.54, 1.807) is 23.0 Å². The second-order valence-corrected chi connectivity index (χ2v) is 5.66. The van der Waals surface area contributed by atoms with Gasteiger partial charge < -0.3 is 4.74 Å². The summed E-state index contributed by atoms with van der Waals surface area (Å²) in [5.41, 5.74) is 1.71. The van der Waals surface area contributed by atoms with Crippen molar-refractivity contribution in [1.82, 2.24) is 14.6 Å². The van der Waals surface area contributed by atoms with Gasteiger partial charge >= 0.3 is 0 Å². The van der Waals surface area contributed by atoms with Gasteiger partial charge in [0.1, 0.15) is 0 Å². The normalized spacial score (nSPS) is 11.9. The molecule has 0 atom stereocenters. The highest BCUT2D eigenvalue weighted by Crippen LogP contribution is 2.13. The van der Waals surface area contributed by atoms with E-state index in [-0.39, 0.29) is 12.4 Å². The van der Waals surface area contributed by atoms with Crippen molar-refractivity contribution in [2.24, 2.45) is 5.14 Å². The molecule has 0 saturated heterocycles. The minimum absolute atomic E-state index is 0.0979. The van der Waals surface area contributed by atoms with Gasteiger partial charge in [-0.1, -0.05) is 0 Å². The van der Waals surface area contributed by atoms with E-state index >= 15 is 0 Å². The summed E-state index contributed by atoms with van der Waals surface area (Å²) in [5, 5.41) is 9.07. The first-order valence-corrected chi connectivity index (χ1v) is 7.11. The predicted molar refractivity (Wildman–Crippen MR) is 65.8 cm³/mol. The Kier molecular flexibility index (Phi) is 3.48. The van der Waals surface area contributed by atoms with E-state index in [2.05, 4.69) is 10.1 Å². The topological polar surface area (TPSA) is 99.6 Å². The average Bonchev–Trinajstić information content (AvgIpc) is 2.71. The van der Waals surface area contributed by atoms with E-state index < -0.39 is 10.0 Å². The molecular formula is C10H14N4O3S. The minimum Gasteiger partial charge on any atom is -0.477 e. The number of sulfonamides is 1. The second-order valence-electron chi connectivity index (χ2n) is 3.93. The standard InChI is InChI=1S/C10H14N4O3S/c1-8-7-9(13-14-4-3-12-10(8)14)17-5-2-6-18(11,15)16/h3-4,7H,2,5-6H2,1H3,(H2,11,15,16). The Morgan fingerprint density at radius 2 is 2.28 bits per heavy atom. The number of hydrogen-bond acceptors (Lipinski definition) is 5. The Morgan fingerprint density at radius 1 is 1.50 bits per heavy atom. The second kappa shape index (κ2) is 4.91. The lowest BCUT2D eigenvalue weighted by molar-refractivity contribution is 0.300. The SMILES string of the molecule is Cc1cc(OCCCS(N)(=O)=O)nn2ccnc12. The number of rotatable bonds is 5. The predicted octanol–water partition coefficient (Wildman–Crippen LogP) is 0.0951. The fraction of sp³-hybridized carbons (Fsp3) is 0.400. The first-order chi connectivity index (χ1) is 8.46. The smallest absolute Gasteiger partial charge is 0.232 e. The zero-order valence-electron chi connectivity index (χ0n) is 9.91. The molecule has 2 rings (SSSR count). The monoisotopic (exact) mass is 270 g/mol. The quantitative estimate of drug-likeness (QED) is 0.776. The maximum atomic E-state index is 10.7. The molecule has 0 aliphatic rings. The molecule has 0 radical (unpaired) electrons. The molecule has 7 nitrogen and oxygen atoms in total. The molecule has 0 spiro atoms. The molecule has 8 heteroatoms. The summed E-state index contributed by atoms with van der Waals surface area (Å²) in [6, 6.07) is 1.76. The van der Waals surface area contributed by atoms with Crippen LogP contribution in [0.2, 0.25) is 0 Å². The van der Waals surface area contributed by atoms with Gasteiger partial charge in [-0.05, 0) is 18.9 Å². The van der Waals surface area contributed by atoms with E-state index in [0.717, 1.165) is 11.2 Å². The van der Waals surface area contributed by atoms with Crippen molar-refractivity contribution < 1.29 is 13.2 Å². The Balaban J connectivity index is 1.99. The van der Waals surface area contributed by atoms with Gasteiger partial charge in [0, 0.05) is 18.5 Å². The van der Waals surface area contributed by atoms with Gasteiger partial charge in [0.2, 0.25) is 15.9 Å². The molecule has 0 bridgehead atoms. The lowest BCUT2D eigenvalue weighted by Gasteiger charge is -2.06. The molecule has 0 aliphatic carbocycles. The number of nitrogens with two attached hydrogens (primary N) is 1. The van der Waals surface area contributed by atoms with Crippen LogP contribution >= 0.6 is 0 Å². The van der Waals surface area contributed by atoms with Crippen molar-refractivity contribution in [2.45, 2.75) is 13.3 Å². The Bertz CT molecular complexity index is 650. The first-order valence-electron chi connectivity index (χ1n) is 5.40. The zero-order chi connectivity index (χ0) is 13.2. The van der Waals surface area contributed by atoms with E-state index in [1.807, 2.05) is 6.92 Å². The van der Waals surface area contributed by atoms with Crippen LogP contribution in [0.4, 0.5) is 0 Å². The average molecular weight is 270 g/mol. The Labute approximate surface area is 105 Å². The van der Waals surface area contributed by atoms with Crippen molar-refractivity contribution in [3.63, 3.8) is 0 Å². The number of aromatic nitrogens is 3. The highest BCUT2D eigenvalue weighted by molar-refractivity contribution is 7.89. The van der Waals surface area contributed by atoms with Gasteiger partial charge in [-0.15, -0.1) is 5.10 Å². The third-order valence-corrected chi connectivity index (χ3v) is 3.20. The molecule has 0 saturated carbocycles. The largest absolute Gasteiger partial charge is 0.477 e. The van der Waals surface area contributed by atoms with Crippen molar-refractivity contribution in [1.29, 1.82) is 0 Å². The molecule has 98 valence electrons. The van der Waals surface area contributed by atoms with Crippen LogP contribution < -0.4 is 9.88 Å². The van der Waals surface area contributed by atoms with E-state index in [4.69, 9.17) is 9.88 Å². The number of primary sulfonamides is 1. The first kappa shape index (κ1) is 12.8. The fourth-order valence-electron chi connectivity index (χ4n) is 1.55. The van der Waals surface area contributed by atoms with Gasteiger partial charge in [-0.25, -0.2) is 23.1 Å². The lowest BCUT2D eigenvalue weighted by atomic mass is 10.3. The summed E-state index contributed by atoms with van der Waals surface area (Å²) < 4.78 is 28.5. The van der Waals surface area contributed by atoms with Crippen molar-refractivity contribution in [3.05, 3.63) is 24.0 Å². The molecule has 2 aromatic rings. The molecule has 0 amide bonds. The van der Waals surface area contributed by atoms with E-state index in [1.165, 1.54) is 0 Å². The molecule has 0 fully saturated rings. The Hall–Kier alpha value is -1.67. The van der Waals surface area contributed by atoms with Crippen LogP contribution in [0.3, 0.4) is 0 Å². The third-order valence-electron chi connectivity index (χ3n) is 2.34. The molecule has 2 N–H and O–H groups in total. The molecule has 0 unspecified atom stereocenters. The summed E-state index contributed by atoms with van der Waals surface area (Å²) in [7, 11) is -3.43. The lowest BCUT2D eigenvalue weighted by Crippen LogP contribution is -2.18. The van der Waals surface area contributed by atoms with Gasteiger partial charge in [0.15, 0.2) is 5.65 Å². The van der Waals surface area contributed by atoms with Crippen LogP contribution in [0.15, 0.2) is 18.5 Å². The van der Waals surface area contributed by atoms with E-state index in [0.29, 0.717) is 12.3 Å². The van der Waals surface area contributed by atoms with Crippen molar-refractivity contribution >= 4 is 15.7 Å². The third kappa shape index (κ3) is 3.17. The molecule has 2 aromatic heterocycles. The van der Waals surface area contributed by atoms with Crippen LogP contribution in [0.25, 0.3) is 5.65 Å². The minimum atomic E-state index is -3.43. The molecule has 0 aliphatic heterocycles. The molecule has 18 heavy (non-hydrogen) atoms. The zero-order valence-corrected chi connectivity index (χ0v) is 10.7. The van der Waals surface area contributed by atoms with Gasteiger partial charge in [-0.2, -0.15) is 0 Å². The molecule has 2 heterocycles. The van der Waals surface area contributed by atoms with Crippen LogP contribution in [-0.2, 0) is 10.0 Å². The van der Waals surface area contributed by atoms with Crippen LogP contribution in [0, 0.1) is 6.92 Å². The summed E-state index contributed by atoms with van der Waals surface area (Å²) in [4.78, 5) is 4.14. The summed E-state index contributed by atoms with van der Waals surface area (Å²) in [5.74, 6) is 0.340. The molecular weight excluding hydrogens is 256 g/mol. The van der Waals surface area contributed by atoms with Crippen LogP contribution in [-0.4, -0.2) is 35.4 Å². The van der Waals surface area contributed by atoms with Gasteiger partial charge in [-0.3, -0.25) is 0 Å². The Morgan fingerprint density at radius 3 is 3.00 bits per heavy atom. The number of imidazole rings is 1. The van der Waals surface area contributed by atoms with Gasteiger partial charge in [0.25, 0.3) is 0 Å². The van der Waals surface area contributed by atoms with Crippen LogP contribution in [0.1, 0.15) is 12.0 Å². The molecule has 0 aromatic carbocycles. The number of fused-ring (bicyclic) bond motifs is 1. The van der Waals surface area contributed by atoms with E-state index in [9.17, 15) is 8.42 Å².